The van der Waals surface area contributed by atoms with Crippen molar-refractivity contribution in [2.75, 3.05) is 0 Å². The Hall–Kier alpha value is -0.870. The predicted molar refractivity (Wildman–Crippen MR) is 59.3 cm³/mol. The van der Waals surface area contributed by atoms with Gasteiger partial charge in [-0.3, -0.25) is 0 Å². The molecule has 3 nitrogen and oxygen atoms in total. The highest BCUT2D eigenvalue weighted by Crippen LogP contribution is 2.06. The van der Waals surface area contributed by atoms with Gasteiger partial charge >= 0.3 is 0 Å². The van der Waals surface area contributed by atoms with Crippen molar-refractivity contribution in [3.05, 3.63) is 35.4 Å². The predicted octanol–water partition coefficient (Wildman–Crippen LogP) is 1.81. The van der Waals surface area contributed by atoms with Crippen LogP contribution < -0.4 is 5.14 Å². The third kappa shape index (κ3) is 5.72. The largest absolute Gasteiger partial charge is 0.228 e. The summed E-state index contributed by atoms with van der Waals surface area (Å²) in [6, 6.07) is 7.28. The molecule has 4 heteroatoms. The third-order valence-corrected chi connectivity index (χ3v) is 2.19. The third-order valence-electron chi connectivity index (χ3n) is 1.45. The molecule has 0 aliphatic heterocycles. The van der Waals surface area contributed by atoms with Crippen LogP contribution in [0.25, 0.3) is 0 Å². The van der Waals surface area contributed by atoms with Crippen molar-refractivity contribution in [3.8, 4) is 0 Å². The van der Waals surface area contributed by atoms with E-state index in [1.807, 2.05) is 39.0 Å². The standard InChI is InChI=1S/C8H11NO2S.C2H6/c1-7-3-2-4-8(5-7)6-12(9,10)11;1-2/h2-5H,6H2,1H3,(H2,9,10,11);1-2H3. The van der Waals surface area contributed by atoms with Crippen molar-refractivity contribution < 1.29 is 8.42 Å². The number of benzene rings is 1. The fourth-order valence-corrected chi connectivity index (χ4v) is 1.68. The highest BCUT2D eigenvalue weighted by Gasteiger charge is 2.03. The molecule has 0 unspecified atom stereocenters. The Morgan fingerprint density at radius 1 is 1.29 bits per heavy atom. The van der Waals surface area contributed by atoms with E-state index in [1.54, 1.807) is 6.07 Å². The fourth-order valence-electron chi connectivity index (χ4n) is 1.03. The quantitative estimate of drug-likeness (QED) is 0.818. The average Bonchev–Trinajstić information content (AvgIpc) is 2.04. The zero-order chi connectivity index (χ0) is 11.2. The van der Waals surface area contributed by atoms with Gasteiger partial charge in [0.05, 0.1) is 5.75 Å². The summed E-state index contributed by atoms with van der Waals surface area (Å²) in [5, 5.41) is 4.89. The van der Waals surface area contributed by atoms with Crippen LogP contribution in [0.15, 0.2) is 24.3 Å². The molecule has 1 rings (SSSR count). The van der Waals surface area contributed by atoms with Crippen molar-refractivity contribution in [2.24, 2.45) is 5.14 Å². The molecule has 0 aromatic heterocycles. The first-order chi connectivity index (χ1) is 6.47. The molecule has 0 heterocycles. The van der Waals surface area contributed by atoms with Gasteiger partial charge in [-0.1, -0.05) is 43.7 Å². The van der Waals surface area contributed by atoms with Gasteiger partial charge in [-0.15, -0.1) is 0 Å². The summed E-state index contributed by atoms with van der Waals surface area (Å²) in [5.41, 5.74) is 1.77. The van der Waals surface area contributed by atoms with Gasteiger partial charge in [0.1, 0.15) is 0 Å². The zero-order valence-electron chi connectivity index (χ0n) is 8.82. The van der Waals surface area contributed by atoms with Crippen LogP contribution in [0, 0.1) is 6.92 Å². The smallest absolute Gasteiger partial charge is 0.213 e. The van der Waals surface area contributed by atoms with Gasteiger partial charge in [0.15, 0.2) is 0 Å². The lowest BCUT2D eigenvalue weighted by Gasteiger charge is -1.99. The fraction of sp³-hybridized carbons (Fsp3) is 0.400. The average molecular weight is 215 g/mol. The summed E-state index contributed by atoms with van der Waals surface area (Å²) < 4.78 is 21.4. The second-order valence-corrected chi connectivity index (χ2v) is 4.41. The molecule has 1 aromatic rings. The lowest BCUT2D eigenvalue weighted by atomic mass is 10.2. The molecule has 0 spiro atoms. The molecule has 2 N–H and O–H groups in total. The topological polar surface area (TPSA) is 60.2 Å². The van der Waals surface area contributed by atoms with Gasteiger partial charge in [0.25, 0.3) is 0 Å². The highest BCUT2D eigenvalue weighted by atomic mass is 32.2. The van der Waals surface area contributed by atoms with Crippen LogP contribution in [0.3, 0.4) is 0 Å². The number of primary sulfonamides is 1. The lowest BCUT2D eigenvalue weighted by Crippen LogP contribution is -2.14. The minimum absolute atomic E-state index is 0.0886. The number of aryl methyl sites for hydroxylation is 1. The Morgan fingerprint density at radius 3 is 2.29 bits per heavy atom. The van der Waals surface area contributed by atoms with Crippen LogP contribution in [-0.4, -0.2) is 8.42 Å². The van der Waals surface area contributed by atoms with Crippen molar-refractivity contribution in [3.63, 3.8) is 0 Å². The molecule has 80 valence electrons. The minimum atomic E-state index is -3.39. The van der Waals surface area contributed by atoms with Crippen molar-refractivity contribution in [1.29, 1.82) is 0 Å². The van der Waals surface area contributed by atoms with Gasteiger partial charge in [0.2, 0.25) is 10.0 Å². The lowest BCUT2D eigenvalue weighted by molar-refractivity contribution is 0.597. The van der Waals surface area contributed by atoms with Crippen molar-refractivity contribution in [2.45, 2.75) is 26.5 Å². The summed E-state index contributed by atoms with van der Waals surface area (Å²) in [6.45, 7) is 5.91. The van der Waals surface area contributed by atoms with Gasteiger partial charge in [-0.2, -0.15) is 0 Å². The van der Waals surface area contributed by atoms with Crippen molar-refractivity contribution in [1.82, 2.24) is 0 Å². The molecule has 0 aliphatic rings. The molecule has 0 radical (unpaired) electrons. The molecule has 0 saturated heterocycles. The van der Waals surface area contributed by atoms with E-state index in [0.717, 1.165) is 11.1 Å². The van der Waals surface area contributed by atoms with E-state index >= 15 is 0 Å². The summed E-state index contributed by atoms with van der Waals surface area (Å²) in [7, 11) is -3.39. The summed E-state index contributed by atoms with van der Waals surface area (Å²) in [6.07, 6.45) is 0. The van der Waals surface area contributed by atoms with E-state index in [-0.39, 0.29) is 5.75 Å². The first kappa shape index (κ1) is 13.1. The maximum Gasteiger partial charge on any atom is 0.213 e. The van der Waals surface area contributed by atoms with Gasteiger partial charge in [0, 0.05) is 0 Å². The molecule has 0 bridgehead atoms. The number of hydrogen-bond donors (Lipinski definition) is 1. The van der Waals surface area contributed by atoms with E-state index in [4.69, 9.17) is 5.14 Å². The Kier molecular flexibility index (Phi) is 5.42. The van der Waals surface area contributed by atoms with Crippen LogP contribution in [0.1, 0.15) is 25.0 Å². The van der Waals surface area contributed by atoms with Gasteiger partial charge < -0.3 is 0 Å². The summed E-state index contributed by atoms with van der Waals surface area (Å²) >= 11 is 0. The molecular weight excluding hydrogens is 198 g/mol. The number of hydrogen-bond acceptors (Lipinski definition) is 2. The van der Waals surface area contributed by atoms with Crippen LogP contribution in [0.2, 0.25) is 0 Å². The monoisotopic (exact) mass is 215 g/mol. The maximum atomic E-state index is 10.7. The van der Waals surface area contributed by atoms with E-state index in [2.05, 4.69) is 0 Å². The normalized spacial score (nSPS) is 10.3. The molecule has 0 fully saturated rings. The van der Waals surface area contributed by atoms with E-state index < -0.39 is 10.0 Å². The minimum Gasteiger partial charge on any atom is -0.228 e. The van der Waals surface area contributed by atoms with E-state index in [0.29, 0.717) is 0 Å². The first-order valence-electron chi connectivity index (χ1n) is 4.53. The van der Waals surface area contributed by atoms with Gasteiger partial charge in [-0.05, 0) is 12.5 Å². The second kappa shape index (κ2) is 5.78. The number of rotatable bonds is 2. The summed E-state index contributed by atoms with van der Waals surface area (Å²) in [5.74, 6) is -0.0886. The molecule has 1 aromatic carbocycles. The van der Waals surface area contributed by atoms with Crippen LogP contribution in [0.5, 0.6) is 0 Å². The summed E-state index contributed by atoms with van der Waals surface area (Å²) in [4.78, 5) is 0. The Balaban J connectivity index is 0.000000791. The molecule has 0 aliphatic carbocycles. The molecular formula is C10H17NO2S. The van der Waals surface area contributed by atoms with Crippen LogP contribution in [0.4, 0.5) is 0 Å². The van der Waals surface area contributed by atoms with Crippen LogP contribution >= 0.6 is 0 Å². The zero-order valence-corrected chi connectivity index (χ0v) is 9.64. The Bertz CT molecular complexity index is 371. The molecule has 0 saturated carbocycles. The van der Waals surface area contributed by atoms with Crippen molar-refractivity contribution >= 4 is 10.0 Å². The molecule has 0 amide bonds. The van der Waals surface area contributed by atoms with Gasteiger partial charge in [-0.25, -0.2) is 13.6 Å². The number of sulfonamides is 1. The molecule has 0 atom stereocenters. The Labute approximate surface area is 86.0 Å². The van der Waals surface area contributed by atoms with Crippen LogP contribution in [-0.2, 0) is 15.8 Å². The van der Waals surface area contributed by atoms with E-state index in [1.165, 1.54) is 0 Å². The SMILES string of the molecule is CC.Cc1cccc(CS(N)(=O)=O)c1. The molecule has 14 heavy (non-hydrogen) atoms. The first-order valence-corrected chi connectivity index (χ1v) is 6.25. The highest BCUT2D eigenvalue weighted by molar-refractivity contribution is 7.88. The number of nitrogens with two attached hydrogens (primary N) is 1. The second-order valence-electron chi connectivity index (χ2n) is 2.80. The maximum absolute atomic E-state index is 10.7. The Morgan fingerprint density at radius 2 is 1.86 bits per heavy atom. The van der Waals surface area contributed by atoms with E-state index in [9.17, 15) is 8.42 Å².